The molecule has 0 aliphatic carbocycles. The molecule has 0 aromatic carbocycles. The fourth-order valence-electron chi connectivity index (χ4n) is 11.1. The molecule has 17 atom stereocenters. The molecule has 3 rings (SSSR count). The summed E-state index contributed by atoms with van der Waals surface area (Å²) in [6.07, 6.45) is -8.08. The van der Waals surface area contributed by atoms with Gasteiger partial charge in [-0.2, -0.15) is 0 Å². The van der Waals surface area contributed by atoms with Crippen LogP contribution in [0.15, 0.2) is 0 Å². The van der Waals surface area contributed by atoms with Crippen LogP contribution >= 0.6 is 0 Å². The normalized spacial score (nSPS) is 24.8. The first kappa shape index (κ1) is 97.0. The van der Waals surface area contributed by atoms with E-state index < -0.39 is 172 Å². The van der Waals surface area contributed by atoms with Crippen LogP contribution in [0.5, 0.6) is 0 Å². The number of nitrogens with one attached hydrogen (secondary N) is 8. The number of carbonyl (C=O) groups is 8. The van der Waals surface area contributed by atoms with Crippen LogP contribution in [0.2, 0.25) is 0 Å². The lowest BCUT2D eigenvalue weighted by Crippen LogP contribution is -2.64. The summed E-state index contributed by atoms with van der Waals surface area (Å²) in [7, 11) is 0. The highest BCUT2D eigenvalue weighted by Gasteiger charge is 2.48. The van der Waals surface area contributed by atoms with E-state index in [1.807, 2.05) is 0 Å². The predicted molar refractivity (Wildman–Crippen MR) is 375 cm³/mol. The van der Waals surface area contributed by atoms with Crippen molar-refractivity contribution in [3.8, 4) is 0 Å². The molecule has 3 aliphatic rings. The Labute approximate surface area is 630 Å². The smallest absolute Gasteiger partial charge is 0.246 e. The summed E-state index contributed by atoms with van der Waals surface area (Å²) in [5.74, 6) is -3.84. The molecule has 108 heavy (non-hydrogen) atoms. The molecule has 0 saturated carbocycles. The Morgan fingerprint density at radius 2 is 0.620 bits per heavy atom. The molecule has 628 valence electrons. The van der Waals surface area contributed by atoms with Crippen LogP contribution in [-0.4, -0.2) is 375 Å². The van der Waals surface area contributed by atoms with Crippen LogP contribution in [0, 0.1) is 0 Å². The summed E-state index contributed by atoms with van der Waals surface area (Å²) < 4.78 is 83.0. The zero-order chi connectivity index (χ0) is 79.3. The monoisotopic (exact) mass is 1560 g/mol. The van der Waals surface area contributed by atoms with E-state index in [0.29, 0.717) is 45.2 Å². The number of aliphatic hydroxyl groups is 9. The average Bonchev–Trinajstić information content (AvgIpc) is 0.822. The number of ether oxygens (including phenoxy) is 15. The van der Waals surface area contributed by atoms with Gasteiger partial charge in [-0.1, -0.05) is 45.4 Å². The minimum Gasteiger partial charge on any atom is -0.394 e. The van der Waals surface area contributed by atoms with Crippen LogP contribution in [0.25, 0.3) is 0 Å². The average molecular weight is 1570 g/mol. The maximum atomic E-state index is 14.2. The molecule has 3 heterocycles. The van der Waals surface area contributed by atoms with E-state index in [1.54, 1.807) is 0 Å². The summed E-state index contributed by atoms with van der Waals surface area (Å²) in [5.41, 5.74) is 0. The van der Waals surface area contributed by atoms with Crippen LogP contribution in [-0.2, 0) is 109 Å². The van der Waals surface area contributed by atoms with Crippen molar-refractivity contribution >= 4 is 47.3 Å². The van der Waals surface area contributed by atoms with E-state index in [-0.39, 0.29) is 157 Å². The molecule has 17 N–H and O–H groups in total. The molecule has 0 radical (unpaired) electrons. The summed E-state index contributed by atoms with van der Waals surface area (Å²) in [6, 6.07) is -5.36. The Balaban J connectivity index is 1.44. The van der Waals surface area contributed by atoms with Crippen molar-refractivity contribution in [2.45, 2.75) is 209 Å². The van der Waals surface area contributed by atoms with Gasteiger partial charge in [-0.25, -0.2) is 0 Å². The third kappa shape index (κ3) is 41.4. The molecule has 8 amide bonds. The second-order valence-corrected chi connectivity index (χ2v) is 25.7. The highest BCUT2D eigenvalue weighted by molar-refractivity contribution is 5.92. The molecule has 0 aromatic heterocycles. The van der Waals surface area contributed by atoms with E-state index in [0.717, 1.165) is 32.1 Å². The largest absolute Gasteiger partial charge is 0.394 e. The van der Waals surface area contributed by atoms with Gasteiger partial charge in [-0.3, -0.25) is 38.4 Å². The fourth-order valence-corrected chi connectivity index (χ4v) is 11.1. The lowest BCUT2D eigenvalue weighted by molar-refractivity contribution is -0.272. The van der Waals surface area contributed by atoms with Crippen molar-refractivity contribution in [3.63, 3.8) is 0 Å². The van der Waals surface area contributed by atoms with Crippen molar-refractivity contribution in [1.82, 2.24) is 42.5 Å². The van der Waals surface area contributed by atoms with E-state index in [9.17, 15) is 84.3 Å². The summed E-state index contributed by atoms with van der Waals surface area (Å²) in [5, 5.41) is 112. The van der Waals surface area contributed by atoms with Crippen LogP contribution < -0.4 is 42.5 Å². The van der Waals surface area contributed by atoms with Gasteiger partial charge in [-0.05, 0) is 38.5 Å². The number of amides is 8. The summed E-state index contributed by atoms with van der Waals surface area (Å²) >= 11 is 0. The molecule has 15 unspecified atom stereocenters. The Kier molecular flexibility index (Phi) is 53.5. The zero-order valence-corrected chi connectivity index (χ0v) is 62.8. The number of hydrogen-bond acceptors (Lipinski definition) is 32. The van der Waals surface area contributed by atoms with E-state index in [4.69, 9.17) is 71.1 Å². The first-order valence-electron chi connectivity index (χ1n) is 37.2. The number of carbonyl (C=O) groups excluding carboxylic acids is 8. The lowest BCUT2D eigenvalue weighted by atomic mass is 9.97. The van der Waals surface area contributed by atoms with Gasteiger partial charge in [0.15, 0.2) is 18.9 Å². The molecule has 3 aliphatic heterocycles. The van der Waals surface area contributed by atoms with E-state index in [1.165, 1.54) is 20.8 Å². The molecule has 0 spiro atoms. The number of unbranched alkanes of at least 4 members (excludes halogenated alkanes) is 7. The van der Waals surface area contributed by atoms with Crippen molar-refractivity contribution in [2.75, 3.05) is 178 Å². The van der Waals surface area contributed by atoms with Gasteiger partial charge < -0.3 is 160 Å². The molecule has 40 nitrogen and oxygen atoms in total. The summed E-state index contributed by atoms with van der Waals surface area (Å²) in [4.78, 5) is 102. The van der Waals surface area contributed by atoms with Gasteiger partial charge in [0, 0.05) is 40.4 Å². The lowest BCUT2D eigenvalue weighted by Gasteiger charge is -2.42. The van der Waals surface area contributed by atoms with Crippen molar-refractivity contribution in [3.05, 3.63) is 0 Å². The van der Waals surface area contributed by atoms with Gasteiger partial charge in [0.25, 0.3) is 0 Å². The van der Waals surface area contributed by atoms with Gasteiger partial charge in [0.2, 0.25) is 47.3 Å². The van der Waals surface area contributed by atoms with Crippen LogP contribution in [0.4, 0.5) is 0 Å². The Bertz CT molecular complexity index is 2460. The Morgan fingerprint density at radius 3 is 0.963 bits per heavy atom. The van der Waals surface area contributed by atoms with Crippen molar-refractivity contribution < 1.29 is 155 Å². The maximum absolute atomic E-state index is 14.2. The SMILES string of the molecule is CCCCCCCNC(=O)[C@H](CCCCCNC(=O)COCCOCCOCCOC1OC(CO)C(O)C(O)C1NC(C)=O)NC(=O)[C@H](CCCCNC(=O)COCCOCCOCCOC1OC(CO)C(O)C(O)C1NC(C)=O)NC(=O)COCCOCCOCCOC1OC(CO)C(O)C(O)C1NC(C)=O. The summed E-state index contributed by atoms with van der Waals surface area (Å²) in [6.45, 7) is 5.80. The van der Waals surface area contributed by atoms with Gasteiger partial charge in [-0.15, -0.1) is 0 Å². The second-order valence-electron chi connectivity index (χ2n) is 25.7. The maximum Gasteiger partial charge on any atom is 0.246 e. The quantitative estimate of drug-likeness (QED) is 0.0252. The highest BCUT2D eigenvalue weighted by atomic mass is 16.7. The number of rotatable bonds is 63. The minimum atomic E-state index is -1.46. The van der Waals surface area contributed by atoms with Crippen molar-refractivity contribution in [1.29, 1.82) is 0 Å². The molecule has 3 fully saturated rings. The molecule has 0 aromatic rings. The number of hydrogen-bond donors (Lipinski definition) is 17. The predicted octanol–water partition coefficient (Wildman–Crippen LogP) is -6.96. The first-order valence-corrected chi connectivity index (χ1v) is 37.2. The van der Waals surface area contributed by atoms with Crippen LogP contribution in [0.1, 0.15) is 105 Å². The van der Waals surface area contributed by atoms with E-state index in [2.05, 4.69) is 49.5 Å². The molecular formula is C68H124N8O32. The topological polar surface area (TPSA) is 553 Å². The van der Waals surface area contributed by atoms with E-state index >= 15 is 0 Å². The van der Waals surface area contributed by atoms with Crippen LogP contribution in [0.3, 0.4) is 0 Å². The standard InChI is InChI=1S/C68H124N8O32/c1-5-6-7-8-12-19-71-64(92)47(15-10-9-13-17-69-52(83)41-100-29-26-94-20-23-97-32-35-103-66-55(72-44(2)80)61(89)58(86)49(38-77)106-66)76-65(93)48(75-54(85)43-102-31-28-96-22-25-99-34-37-105-68-57(74-46(4)82)63(91)60(88)51(40-79)108-68)16-11-14-18-70-53(84)42-101-30-27-95-21-24-98-33-36-104-67-56(73-45(3)81)62(90)59(87)50(39-78)107-67/h47-51,55-63,66-68,77-79,86-91H,5-43H2,1-4H3,(H,69,83)(H,70,84)(H,71,92)(H,72,80)(H,73,81)(H,74,82)(H,75,85)(H,76,93)/t47-,48-,49?,50?,51?,55?,56?,57?,58?,59?,60?,61?,62?,63?,66?,67?,68?/m0/s1. The Hall–Kier alpha value is -5.20. The Morgan fingerprint density at radius 1 is 0.333 bits per heavy atom. The highest BCUT2D eigenvalue weighted by Crippen LogP contribution is 2.25. The first-order chi connectivity index (χ1) is 52.1. The van der Waals surface area contributed by atoms with Gasteiger partial charge in [0.05, 0.1) is 139 Å². The molecular weight excluding hydrogens is 1440 g/mol. The van der Waals surface area contributed by atoms with Gasteiger partial charge >= 0.3 is 0 Å². The van der Waals surface area contributed by atoms with Gasteiger partial charge in [0.1, 0.15) is 105 Å². The second kappa shape index (κ2) is 59.5. The molecule has 3 saturated heterocycles. The third-order valence-corrected chi connectivity index (χ3v) is 16.8. The molecule has 0 bridgehead atoms. The minimum absolute atomic E-state index is 0.000593. The third-order valence-electron chi connectivity index (χ3n) is 16.8. The zero-order valence-electron chi connectivity index (χ0n) is 62.8. The fraction of sp³-hybridized carbons (Fsp3) is 0.882. The van der Waals surface area contributed by atoms with Crippen molar-refractivity contribution in [2.24, 2.45) is 0 Å². The molecule has 40 heteroatoms. The number of aliphatic hydroxyl groups excluding tert-OH is 9.